The summed E-state index contributed by atoms with van der Waals surface area (Å²) in [6.45, 7) is 4.15. The van der Waals surface area contributed by atoms with Gasteiger partial charge in [-0.1, -0.05) is 24.6 Å². The van der Waals surface area contributed by atoms with Gasteiger partial charge in [0.25, 0.3) is 0 Å². The Labute approximate surface area is 84.3 Å². The van der Waals surface area contributed by atoms with E-state index in [1.165, 1.54) is 5.56 Å². The van der Waals surface area contributed by atoms with Crippen LogP contribution < -0.4 is 5.32 Å². The van der Waals surface area contributed by atoms with Crippen LogP contribution in [0.25, 0.3) is 0 Å². The minimum absolute atomic E-state index is 0.168. The molecule has 0 aromatic heterocycles. The van der Waals surface area contributed by atoms with Gasteiger partial charge in [-0.2, -0.15) is 0 Å². The van der Waals surface area contributed by atoms with Crippen LogP contribution in [-0.4, -0.2) is 5.91 Å². The Bertz CT molecular complexity index is 342. The van der Waals surface area contributed by atoms with E-state index in [0.717, 1.165) is 12.1 Å². The van der Waals surface area contributed by atoms with Gasteiger partial charge in [0.05, 0.1) is 0 Å². The maximum atomic E-state index is 11.6. The second kappa shape index (κ2) is 3.45. The second-order valence-electron chi connectivity index (χ2n) is 4.17. The number of benzene rings is 1. The van der Waals surface area contributed by atoms with Crippen LogP contribution >= 0.6 is 0 Å². The first kappa shape index (κ1) is 9.25. The standard InChI is InChI=1S/C12H15NO/c1-8-3-5-10(6-4-8)13-12(14)11-7-9(11)2/h3-6,9,11H,7H2,1-2H3,(H,13,14). The highest BCUT2D eigenvalue weighted by molar-refractivity contribution is 5.94. The molecule has 0 saturated heterocycles. The molecule has 1 aromatic carbocycles. The summed E-state index contributed by atoms with van der Waals surface area (Å²) < 4.78 is 0. The Balaban J connectivity index is 1.97. The zero-order valence-electron chi connectivity index (χ0n) is 8.58. The molecule has 0 radical (unpaired) electrons. The highest BCUT2D eigenvalue weighted by atomic mass is 16.2. The number of aryl methyl sites for hydroxylation is 1. The number of amides is 1. The Morgan fingerprint density at radius 3 is 2.43 bits per heavy atom. The molecular weight excluding hydrogens is 174 g/mol. The lowest BCUT2D eigenvalue weighted by atomic mass is 10.2. The summed E-state index contributed by atoms with van der Waals surface area (Å²) in [7, 11) is 0. The van der Waals surface area contributed by atoms with E-state index in [0.29, 0.717) is 5.92 Å². The van der Waals surface area contributed by atoms with Crippen LogP contribution in [0.1, 0.15) is 18.9 Å². The normalized spacial score (nSPS) is 24.4. The van der Waals surface area contributed by atoms with E-state index in [2.05, 4.69) is 12.2 Å². The number of anilines is 1. The van der Waals surface area contributed by atoms with Crippen molar-refractivity contribution in [1.82, 2.24) is 0 Å². The van der Waals surface area contributed by atoms with Crippen molar-refractivity contribution in [3.8, 4) is 0 Å². The molecule has 1 aromatic rings. The molecule has 0 aliphatic heterocycles. The van der Waals surface area contributed by atoms with E-state index in [1.54, 1.807) is 0 Å². The van der Waals surface area contributed by atoms with E-state index in [1.807, 2.05) is 31.2 Å². The van der Waals surface area contributed by atoms with Crippen LogP contribution in [0.5, 0.6) is 0 Å². The predicted octanol–water partition coefficient (Wildman–Crippen LogP) is 2.59. The molecule has 1 N–H and O–H groups in total. The third kappa shape index (κ3) is 1.95. The quantitative estimate of drug-likeness (QED) is 0.761. The van der Waals surface area contributed by atoms with E-state index >= 15 is 0 Å². The minimum Gasteiger partial charge on any atom is -0.326 e. The van der Waals surface area contributed by atoms with Gasteiger partial charge in [0.15, 0.2) is 0 Å². The molecule has 1 fully saturated rings. The molecular formula is C12H15NO. The molecule has 2 nitrogen and oxygen atoms in total. The molecule has 2 rings (SSSR count). The fourth-order valence-electron chi connectivity index (χ4n) is 1.56. The monoisotopic (exact) mass is 189 g/mol. The van der Waals surface area contributed by atoms with Gasteiger partial charge < -0.3 is 5.32 Å². The minimum atomic E-state index is 0.168. The summed E-state index contributed by atoms with van der Waals surface area (Å²) in [5.41, 5.74) is 2.11. The van der Waals surface area contributed by atoms with Crippen molar-refractivity contribution in [2.75, 3.05) is 5.32 Å². The van der Waals surface area contributed by atoms with Crippen LogP contribution in [-0.2, 0) is 4.79 Å². The zero-order chi connectivity index (χ0) is 10.1. The molecule has 2 unspecified atom stereocenters. The fourth-order valence-corrected chi connectivity index (χ4v) is 1.56. The van der Waals surface area contributed by atoms with Gasteiger partial charge in [0, 0.05) is 11.6 Å². The Hall–Kier alpha value is -1.31. The fraction of sp³-hybridized carbons (Fsp3) is 0.417. The van der Waals surface area contributed by atoms with Gasteiger partial charge in [-0.3, -0.25) is 4.79 Å². The maximum Gasteiger partial charge on any atom is 0.227 e. The third-order valence-corrected chi connectivity index (χ3v) is 2.77. The van der Waals surface area contributed by atoms with Gasteiger partial charge in [-0.25, -0.2) is 0 Å². The molecule has 74 valence electrons. The van der Waals surface area contributed by atoms with Crippen molar-refractivity contribution in [2.24, 2.45) is 11.8 Å². The average molecular weight is 189 g/mol. The Morgan fingerprint density at radius 1 is 1.36 bits per heavy atom. The molecule has 0 bridgehead atoms. The molecule has 1 aliphatic rings. The lowest BCUT2D eigenvalue weighted by Crippen LogP contribution is -2.14. The summed E-state index contributed by atoms with van der Waals surface area (Å²) in [5.74, 6) is 0.984. The average Bonchev–Trinajstić information content (AvgIpc) is 2.87. The van der Waals surface area contributed by atoms with Gasteiger partial charge >= 0.3 is 0 Å². The first-order valence-electron chi connectivity index (χ1n) is 5.04. The molecule has 2 heteroatoms. The summed E-state index contributed by atoms with van der Waals surface area (Å²) in [4.78, 5) is 11.6. The molecule has 0 heterocycles. The molecule has 1 amide bonds. The van der Waals surface area contributed by atoms with Gasteiger partial charge in [-0.05, 0) is 31.4 Å². The predicted molar refractivity (Wildman–Crippen MR) is 57.1 cm³/mol. The smallest absolute Gasteiger partial charge is 0.227 e. The van der Waals surface area contributed by atoms with Crippen molar-refractivity contribution in [2.45, 2.75) is 20.3 Å². The van der Waals surface area contributed by atoms with E-state index in [9.17, 15) is 4.79 Å². The Morgan fingerprint density at radius 2 is 1.93 bits per heavy atom. The first-order chi connectivity index (χ1) is 6.66. The highest BCUT2D eigenvalue weighted by Gasteiger charge is 2.38. The topological polar surface area (TPSA) is 29.1 Å². The van der Waals surface area contributed by atoms with Gasteiger partial charge in [0.2, 0.25) is 5.91 Å². The Kier molecular flexibility index (Phi) is 2.28. The number of rotatable bonds is 2. The number of hydrogen-bond acceptors (Lipinski definition) is 1. The zero-order valence-corrected chi connectivity index (χ0v) is 8.58. The van der Waals surface area contributed by atoms with Crippen molar-refractivity contribution >= 4 is 11.6 Å². The molecule has 2 atom stereocenters. The summed E-state index contributed by atoms with van der Waals surface area (Å²) >= 11 is 0. The van der Waals surface area contributed by atoms with Crippen LogP contribution in [0, 0.1) is 18.8 Å². The molecule has 0 spiro atoms. The lowest BCUT2D eigenvalue weighted by molar-refractivity contribution is -0.117. The van der Waals surface area contributed by atoms with E-state index in [4.69, 9.17) is 0 Å². The van der Waals surface area contributed by atoms with Gasteiger partial charge in [-0.15, -0.1) is 0 Å². The molecule has 1 saturated carbocycles. The van der Waals surface area contributed by atoms with E-state index in [-0.39, 0.29) is 11.8 Å². The van der Waals surface area contributed by atoms with Gasteiger partial charge in [0.1, 0.15) is 0 Å². The lowest BCUT2D eigenvalue weighted by Gasteiger charge is -2.04. The van der Waals surface area contributed by atoms with E-state index < -0.39 is 0 Å². The first-order valence-corrected chi connectivity index (χ1v) is 5.04. The van der Waals surface area contributed by atoms with Crippen molar-refractivity contribution < 1.29 is 4.79 Å². The van der Waals surface area contributed by atoms with Crippen LogP contribution in [0.4, 0.5) is 5.69 Å². The number of hydrogen-bond donors (Lipinski definition) is 1. The molecule has 1 aliphatic carbocycles. The largest absolute Gasteiger partial charge is 0.326 e. The van der Waals surface area contributed by atoms with Crippen LogP contribution in [0.15, 0.2) is 24.3 Å². The highest BCUT2D eigenvalue weighted by Crippen LogP contribution is 2.38. The van der Waals surface area contributed by atoms with Crippen molar-refractivity contribution in [1.29, 1.82) is 0 Å². The number of carbonyl (C=O) groups excluding carboxylic acids is 1. The van der Waals surface area contributed by atoms with Crippen molar-refractivity contribution in [3.05, 3.63) is 29.8 Å². The SMILES string of the molecule is Cc1ccc(NC(=O)C2CC2C)cc1. The second-order valence-corrected chi connectivity index (χ2v) is 4.17. The maximum absolute atomic E-state index is 11.6. The summed E-state index contributed by atoms with van der Waals surface area (Å²) in [6, 6.07) is 7.90. The third-order valence-electron chi connectivity index (χ3n) is 2.77. The van der Waals surface area contributed by atoms with Crippen LogP contribution in [0.3, 0.4) is 0 Å². The number of nitrogens with one attached hydrogen (secondary N) is 1. The van der Waals surface area contributed by atoms with Crippen molar-refractivity contribution in [3.63, 3.8) is 0 Å². The summed E-state index contributed by atoms with van der Waals surface area (Å²) in [6.07, 6.45) is 1.04. The molecule has 14 heavy (non-hydrogen) atoms. The number of carbonyl (C=O) groups is 1. The summed E-state index contributed by atoms with van der Waals surface area (Å²) in [5, 5.41) is 2.92. The van der Waals surface area contributed by atoms with Crippen LogP contribution in [0.2, 0.25) is 0 Å².